The van der Waals surface area contributed by atoms with E-state index < -0.39 is 10.0 Å². The Labute approximate surface area is 131 Å². The Bertz CT molecular complexity index is 628. The average Bonchev–Trinajstić information content (AvgIpc) is 2.72. The quantitative estimate of drug-likeness (QED) is 0.741. The SMILES string of the molecule is CCN(C1CCN(Cn2ncn(C)c2=S)CC1)S(C)(=O)=O. The maximum absolute atomic E-state index is 11.8. The van der Waals surface area contributed by atoms with Crippen LogP contribution in [0.25, 0.3) is 0 Å². The minimum Gasteiger partial charge on any atom is -0.310 e. The van der Waals surface area contributed by atoms with Gasteiger partial charge >= 0.3 is 0 Å². The Morgan fingerprint density at radius 3 is 2.48 bits per heavy atom. The average molecular weight is 333 g/mol. The molecule has 1 saturated heterocycles. The van der Waals surface area contributed by atoms with Gasteiger partial charge in [-0.2, -0.15) is 9.40 Å². The van der Waals surface area contributed by atoms with Crippen LogP contribution in [0.2, 0.25) is 0 Å². The van der Waals surface area contributed by atoms with Crippen LogP contribution in [0.3, 0.4) is 0 Å². The van der Waals surface area contributed by atoms with E-state index in [1.807, 2.05) is 18.5 Å². The minimum atomic E-state index is -3.12. The van der Waals surface area contributed by atoms with Gasteiger partial charge < -0.3 is 4.57 Å². The molecular formula is C12H23N5O2S2. The molecule has 21 heavy (non-hydrogen) atoms. The molecule has 1 aliphatic heterocycles. The van der Waals surface area contributed by atoms with E-state index in [-0.39, 0.29) is 6.04 Å². The molecule has 0 aromatic carbocycles. The van der Waals surface area contributed by atoms with Crippen molar-refractivity contribution in [1.29, 1.82) is 0 Å². The monoisotopic (exact) mass is 333 g/mol. The van der Waals surface area contributed by atoms with E-state index in [0.717, 1.165) is 25.9 Å². The van der Waals surface area contributed by atoms with Crippen molar-refractivity contribution in [1.82, 2.24) is 23.6 Å². The molecule has 0 aliphatic carbocycles. The summed E-state index contributed by atoms with van der Waals surface area (Å²) in [5.41, 5.74) is 0. The number of aromatic nitrogens is 3. The summed E-state index contributed by atoms with van der Waals surface area (Å²) in [4.78, 5) is 2.26. The van der Waals surface area contributed by atoms with E-state index in [4.69, 9.17) is 12.2 Å². The summed E-state index contributed by atoms with van der Waals surface area (Å²) in [5, 5.41) is 4.25. The van der Waals surface area contributed by atoms with Crippen LogP contribution in [0, 0.1) is 4.77 Å². The standard InChI is InChI=1S/C12H23N5O2S2/c1-4-17(21(3,18)19)11-5-7-15(8-6-11)10-16-12(20)14(2)9-13-16/h9,11H,4-8,10H2,1-3H3. The third-order valence-electron chi connectivity index (χ3n) is 3.92. The van der Waals surface area contributed by atoms with Crippen LogP contribution < -0.4 is 0 Å². The number of hydrogen-bond acceptors (Lipinski definition) is 5. The van der Waals surface area contributed by atoms with Crippen LogP contribution in [0.15, 0.2) is 6.33 Å². The lowest BCUT2D eigenvalue weighted by atomic mass is 10.1. The highest BCUT2D eigenvalue weighted by Gasteiger charge is 2.29. The van der Waals surface area contributed by atoms with Crippen molar-refractivity contribution in [3.8, 4) is 0 Å². The van der Waals surface area contributed by atoms with Gasteiger partial charge in [-0.3, -0.25) is 4.90 Å². The lowest BCUT2D eigenvalue weighted by molar-refractivity contribution is 0.127. The number of nitrogens with zero attached hydrogens (tertiary/aromatic N) is 5. The molecule has 2 rings (SSSR count). The zero-order valence-electron chi connectivity index (χ0n) is 12.8. The van der Waals surface area contributed by atoms with Gasteiger partial charge in [0, 0.05) is 32.7 Å². The molecule has 0 unspecified atom stereocenters. The Morgan fingerprint density at radius 2 is 2.05 bits per heavy atom. The predicted molar refractivity (Wildman–Crippen MR) is 83.9 cm³/mol. The first-order chi connectivity index (χ1) is 9.82. The summed E-state index contributed by atoms with van der Waals surface area (Å²) in [6.45, 7) is 4.80. The van der Waals surface area contributed by atoms with Crippen LogP contribution in [-0.2, 0) is 23.7 Å². The van der Waals surface area contributed by atoms with E-state index in [2.05, 4.69) is 10.00 Å². The molecule has 7 nitrogen and oxygen atoms in total. The molecular weight excluding hydrogens is 310 g/mol. The molecule has 0 amide bonds. The second-order valence-corrected chi connectivity index (χ2v) is 7.78. The van der Waals surface area contributed by atoms with Crippen molar-refractivity contribution < 1.29 is 8.42 Å². The summed E-state index contributed by atoms with van der Waals surface area (Å²) in [5.74, 6) is 0. The van der Waals surface area contributed by atoms with Gasteiger partial charge in [0.15, 0.2) is 4.77 Å². The largest absolute Gasteiger partial charge is 0.310 e. The van der Waals surface area contributed by atoms with Crippen molar-refractivity contribution in [3.05, 3.63) is 11.1 Å². The summed E-state index contributed by atoms with van der Waals surface area (Å²) >= 11 is 5.28. The zero-order chi connectivity index (χ0) is 15.6. The minimum absolute atomic E-state index is 0.109. The number of aryl methyl sites for hydroxylation is 1. The van der Waals surface area contributed by atoms with E-state index >= 15 is 0 Å². The number of sulfonamides is 1. The number of hydrogen-bond donors (Lipinski definition) is 0. The van der Waals surface area contributed by atoms with Crippen molar-refractivity contribution in [2.75, 3.05) is 25.9 Å². The van der Waals surface area contributed by atoms with Crippen molar-refractivity contribution >= 4 is 22.2 Å². The first-order valence-corrected chi connectivity index (χ1v) is 9.36. The van der Waals surface area contributed by atoms with Gasteiger partial charge in [-0.05, 0) is 25.1 Å². The molecule has 0 spiro atoms. The van der Waals surface area contributed by atoms with E-state index in [9.17, 15) is 8.42 Å². The Balaban J connectivity index is 1.94. The van der Waals surface area contributed by atoms with Gasteiger partial charge in [0.05, 0.1) is 12.9 Å². The molecule has 0 saturated carbocycles. The van der Waals surface area contributed by atoms with Crippen molar-refractivity contribution in [2.45, 2.75) is 32.5 Å². The lowest BCUT2D eigenvalue weighted by Gasteiger charge is -2.36. The number of rotatable bonds is 5. The highest BCUT2D eigenvalue weighted by atomic mass is 32.2. The first-order valence-electron chi connectivity index (χ1n) is 7.10. The molecule has 1 aliphatic rings. The highest BCUT2D eigenvalue weighted by molar-refractivity contribution is 7.88. The van der Waals surface area contributed by atoms with Crippen LogP contribution >= 0.6 is 12.2 Å². The molecule has 0 bridgehead atoms. The Hall–Kier alpha value is -0.770. The second-order valence-electron chi connectivity index (χ2n) is 5.48. The number of likely N-dealkylation sites (tertiary alicyclic amines) is 1. The Morgan fingerprint density at radius 1 is 1.43 bits per heavy atom. The van der Waals surface area contributed by atoms with Gasteiger partial charge in [-0.15, -0.1) is 0 Å². The van der Waals surface area contributed by atoms with Crippen LogP contribution in [0.4, 0.5) is 0 Å². The molecule has 0 atom stereocenters. The fraction of sp³-hybridized carbons (Fsp3) is 0.833. The lowest BCUT2D eigenvalue weighted by Crippen LogP contribution is -2.47. The molecule has 2 heterocycles. The summed E-state index contributed by atoms with van der Waals surface area (Å²) in [7, 11) is -1.24. The summed E-state index contributed by atoms with van der Waals surface area (Å²) in [6, 6.07) is 0.109. The maximum Gasteiger partial charge on any atom is 0.211 e. The van der Waals surface area contributed by atoms with Crippen LogP contribution in [0.1, 0.15) is 19.8 Å². The van der Waals surface area contributed by atoms with E-state index in [0.29, 0.717) is 18.0 Å². The van der Waals surface area contributed by atoms with E-state index in [1.165, 1.54) is 6.26 Å². The topological polar surface area (TPSA) is 63.4 Å². The predicted octanol–water partition coefficient (Wildman–Crippen LogP) is 0.654. The fourth-order valence-electron chi connectivity index (χ4n) is 2.82. The third kappa shape index (κ3) is 3.91. The van der Waals surface area contributed by atoms with Crippen LogP contribution in [-0.4, -0.2) is 63.9 Å². The summed E-state index contributed by atoms with van der Waals surface area (Å²) < 4.78 is 29.4. The Kier molecular flexibility index (Phi) is 5.18. The van der Waals surface area contributed by atoms with Crippen molar-refractivity contribution in [2.24, 2.45) is 7.05 Å². The molecule has 1 aromatic rings. The number of piperidine rings is 1. The molecule has 1 aromatic heterocycles. The van der Waals surface area contributed by atoms with Gasteiger partial charge in [-0.1, -0.05) is 6.92 Å². The highest BCUT2D eigenvalue weighted by Crippen LogP contribution is 2.19. The molecule has 9 heteroatoms. The van der Waals surface area contributed by atoms with Gasteiger partial charge in [0.2, 0.25) is 10.0 Å². The van der Waals surface area contributed by atoms with Crippen LogP contribution in [0.5, 0.6) is 0 Å². The maximum atomic E-state index is 11.8. The van der Waals surface area contributed by atoms with Gasteiger partial charge in [0.25, 0.3) is 0 Å². The first kappa shape index (κ1) is 16.6. The second kappa shape index (κ2) is 6.55. The van der Waals surface area contributed by atoms with Gasteiger partial charge in [-0.25, -0.2) is 13.1 Å². The van der Waals surface area contributed by atoms with Gasteiger partial charge in [0.1, 0.15) is 6.33 Å². The molecule has 0 N–H and O–H groups in total. The third-order valence-corrected chi connectivity index (χ3v) is 5.83. The van der Waals surface area contributed by atoms with Crippen molar-refractivity contribution in [3.63, 3.8) is 0 Å². The van der Waals surface area contributed by atoms with E-state index in [1.54, 1.807) is 15.3 Å². The zero-order valence-corrected chi connectivity index (χ0v) is 14.4. The fourth-order valence-corrected chi connectivity index (χ4v) is 4.19. The normalized spacial score (nSPS) is 18.5. The molecule has 1 fully saturated rings. The molecule has 120 valence electrons. The summed E-state index contributed by atoms with van der Waals surface area (Å²) in [6.07, 6.45) is 4.69. The molecule has 0 radical (unpaired) electrons. The smallest absolute Gasteiger partial charge is 0.211 e.